The maximum atomic E-state index is 11.8. The molecule has 0 bridgehead atoms. The SMILES string of the molecule is Cn1ccn(Cc2cccc(C(=O)NN)n2)c(=O)c1=O. The molecule has 0 atom stereocenters. The van der Waals surface area contributed by atoms with E-state index in [9.17, 15) is 14.4 Å². The average Bonchev–Trinajstić information content (AvgIpc) is 2.47. The lowest BCUT2D eigenvalue weighted by molar-refractivity contribution is 0.0948. The van der Waals surface area contributed by atoms with E-state index < -0.39 is 17.0 Å². The summed E-state index contributed by atoms with van der Waals surface area (Å²) in [5.74, 6) is 4.50. The van der Waals surface area contributed by atoms with Gasteiger partial charge in [-0.3, -0.25) is 19.8 Å². The smallest absolute Gasteiger partial charge is 0.312 e. The van der Waals surface area contributed by atoms with Crippen LogP contribution in [-0.2, 0) is 13.6 Å². The summed E-state index contributed by atoms with van der Waals surface area (Å²) in [6.07, 6.45) is 2.97. The molecule has 0 saturated heterocycles. The molecule has 0 aliphatic heterocycles. The van der Waals surface area contributed by atoms with Crippen molar-refractivity contribution in [1.29, 1.82) is 0 Å². The van der Waals surface area contributed by atoms with Crippen molar-refractivity contribution in [3.05, 3.63) is 62.7 Å². The van der Waals surface area contributed by atoms with Gasteiger partial charge in [0.15, 0.2) is 0 Å². The number of aromatic nitrogens is 3. The number of carbonyl (C=O) groups excluding carboxylic acids is 1. The number of hydrazine groups is 1. The maximum absolute atomic E-state index is 11.8. The molecule has 3 N–H and O–H groups in total. The lowest BCUT2D eigenvalue weighted by atomic mass is 10.3. The van der Waals surface area contributed by atoms with Gasteiger partial charge >= 0.3 is 11.1 Å². The van der Waals surface area contributed by atoms with Crippen molar-refractivity contribution in [1.82, 2.24) is 19.5 Å². The van der Waals surface area contributed by atoms with Crippen molar-refractivity contribution in [2.24, 2.45) is 12.9 Å². The van der Waals surface area contributed by atoms with E-state index in [0.29, 0.717) is 5.69 Å². The Morgan fingerprint density at radius 2 is 2.05 bits per heavy atom. The molecule has 0 unspecified atom stereocenters. The quantitative estimate of drug-likeness (QED) is 0.309. The standard InChI is InChI=1S/C12H13N5O3/c1-16-5-6-17(12(20)11(16)19)7-8-3-2-4-9(14-8)10(18)15-13/h2-6H,7,13H2,1H3,(H,15,18). The Labute approximate surface area is 113 Å². The highest BCUT2D eigenvalue weighted by Crippen LogP contribution is 2.00. The van der Waals surface area contributed by atoms with E-state index in [2.05, 4.69) is 4.98 Å². The summed E-state index contributed by atoms with van der Waals surface area (Å²) in [6.45, 7) is 0.0978. The minimum absolute atomic E-state index is 0.0978. The zero-order valence-electron chi connectivity index (χ0n) is 10.7. The number of nitrogens with zero attached hydrogens (tertiary/aromatic N) is 3. The predicted octanol–water partition coefficient (Wildman–Crippen LogP) is -1.41. The van der Waals surface area contributed by atoms with Crippen LogP contribution in [0.15, 0.2) is 40.2 Å². The van der Waals surface area contributed by atoms with Crippen molar-refractivity contribution in [2.75, 3.05) is 0 Å². The minimum atomic E-state index is -0.648. The number of carbonyl (C=O) groups is 1. The van der Waals surface area contributed by atoms with Crippen LogP contribution in [0.2, 0.25) is 0 Å². The number of hydrogen-bond donors (Lipinski definition) is 2. The van der Waals surface area contributed by atoms with Crippen molar-refractivity contribution in [2.45, 2.75) is 6.54 Å². The van der Waals surface area contributed by atoms with Gasteiger partial charge in [-0.15, -0.1) is 0 Å². The summed E-state index contributed by atoms with van der Waals surface area (Å²) in [5, 5.41) is 0. The molecule has 0 spiro atoms. The van der Waals surface area contributed by atoms with Gasteiger partial charge in [0, 0.05) is 19.4 Å². The number of rotatable bonds is 3. The molecule has 8 nitrogen and oxygen atoms in total. The van der Waals surface area contributed by atoms with Crippen LogP contribution in [0, 0.1) is 0 Å². The third-order valence-corrected chi connectivity index (χ3v) is 2.74. The van der Waals surface area contributed by atoms with Crippen LogP contribution in [0.5, 0.6) is 0 Å². The Morgan fingerprint density at radius 3 is 2.75 bits per heavy atom. The Bertz CT molecular complexity index is 762. The second-order valence-electron chi connectivity index (χ2n) is 4.13. The van der Waals surface area contributed by atoms with Crippen LogP contribution in [0.3, 0.4) is 0 Å². The summed E-state index contributed by atoms with van der Waals surface area (Å²) in [4.78, 5) is 38.7. The molecular weight excluding hydrogens is 262 g/mol. The molecule has 1 amide bonds. The second kappa shape index (κ2) is 5.49. The van der Waals surface area contributed by atoms with Gasteiger partial charge in [-0.2, -0.15) is 0 Å². The Kier molecular flexibility index (Phi) is 3.76. The van der Waals surface area contributed by atoms with Crippen molar-refractivity contribution >= 4 is 5.91 Å². The van der Waals surface area contributed by atoms with Crippen LogP contribution < -0.4 is 22.4 Å². The fourth-order valence-corrected chi connectivity index (χ4v) is 1.66. The molecular formula is C12H13N5O3. The fourth-order valence-electron chi connectivity index (χ4n) is 1.66. The first-order valence-corrected chi connectivity index (χ1v) is 5.76. The normalized spacial score (nSPS) is 10.3. The van der Waals surface area contributed by atoms with Gasteiger partial charge in [-0.25, -0.2) is 10.8 Å². The van der Waals surface area contributed by atoms with E-state index in [-0.39, 0.29) is 12.2 Å². The van der Waals surface area contributed by atoms with Crippen molar-refractivity contribution in [3.8, 4) is 0 Å². The van der Waals surface area contributed by atoms with Gasteiger partial charge < -0.3 is 9.13 Å². The molecule has 0 aromatic carbocycles. The van der Waals surface area contributed by atoms with Gasteiger partial charge in [0.1, 0.15) is 5.69 Å². The van der Waals surface area contributed by atoms with Gasteiger partial charge in [0.2, 0.25) is 0 Å². The monoisotopic (exact) mass is 275 g/mol. The van der Waals surface area contributed by atoms with Crippen LogP contribution >= 0.6 is 0 Å². The number of amides is 1. The largest absolute Gasteiger partial charge is 0.316 e. The Hall–Kier alpha value is -2.74. The molecule has 0 aliphatic carbocycles. The summed E-state index contributed by atoms with van der Waals surface area (Å²) >= 11 is 0. The highest BCUT2D eigenvalue weighted by molar-refractivity contribution is 5.91. The summed E-state index contributed by atoms with van der Waals surface area (Å²) < 4.78 is 2.43. The molecule has 2 aromatic rings. The van der Waals surface area contributed by atoms with Crippen LogP contribution in [-0.4, -0.2) is 20.0 Å². The zero-order valence-corrected chi connectivity index (χ0v) is 10.7. The van der Waals surface area contributed by atoms with E-state index >= 15 is 0 Å². The third kappa shape index (κ3) is 2.64. The molecule has 2 aromatic heterocycles. The highest BCUT2D eigenvalue weighted by Gasteiger charge is 2.08. The number of nitrogens with one attached hydrogen (secondary N) is 1. The predicted molar refractivity (Wildman–Crippen MR) is 70.9 cm³/mol. The Morgan fingerprint density at radius 1 is 1.30 bits per heavy atom. The fraction of sp³-hybridized carbons (Fsp3) is 0.167. The highest BCUT2D eigenvalue weighted by atomic mass is 16.2. The van der Waals surface area contributed by atoms with E-state index in [1.165, 1.54) is 34.6 Å². The Balaban J connectivity index is 2.36. The number of nitrogens with two attached hydrogens (primary N) is 1. The molecule has 2 rings (SSSR count). The molecule has 0 radical (unpaired) electrons. The van der Waals surface area contributed by atoms with E-state index in [1.54, 1.807) is 12.1 Å². The van der Waals surface area contributed by atoms with Crippen LogP contribution in [0.1, 0.15) is 16.2 Å². The summed E-state index contributed by atoms with van der Waals surface area (Å²) in [6, 6.07) is 4.77. The zero-order chi connectivity index (χ0) is 14.7. The minimum Gasteiger partial charge on any atom is -0.312 e. The molecule has 104 valence electrons. The molecule has 0 fully saturated rings. The number of hydrogen-bond acceptors (Lipinski definition) is 5. The van der Waals surface area contributed by atoms with Gasteiger partial charge in [-0.1, -0.05) is 6.07 Å². The topological polar surface area (TPSA) is 112 Å². The first kappa shape index (κ1) is 13.7. The summed E-state index contributed by atoms with van der Waals surface area (Å²) in [7, 11) is 1.50. The van der Waals surface area contributed by atoms with Gasteiger partial charge in [-0.05, 0) is 12.1 Å². The first-order valence-electron chi connectivity index (χ1n) is 5.76. The van der Waals surface area contributed by atoms with Gasteiger partial charge in [0.05, 0.1) is 12.2 Å². The lowest BCUT2D eigenvalue weighted by Gasteiger charge is -2.07. The number of nitrogen functional groups attached to an aromatic ring is 1. The van der Waals surface area contributed by atoms with Crippen LogP contribution in [0.25, 0.3) is 0 Å². The van der Waals surface area contributed by atoms with Crippen molar-refractivity contribution < 1.29 is 4.79 Å². The molecule has 8 heteroatoms. The molecule has 0 saturated carbocycles. The second-order valence-corrected chi connectivity index (χ2v) is 4.13. The average molecular weight is 275 g/mol. The lowest BCUT2D eigenvalue weighted by Crippen LogP contribution is -2.39. The van der Waals surface area contributed by atoms with Crippen LogP contribution in [0.4, 0.5) is 0 Å². The first-order chi connectivity index (χ1) is 9.52. The molecule has 0 aliphatic rings. The van der Waals surface area contributed by atoms with E-state index in [0.717, 1.165) is 0 Å². The maximum Gasteiger partial charge on any atom is 0.316 e. The van der Waals surface area contributed by atoms with Crippen molar-refractivity contribution in [3.63, 3.8) is 0 Å². The van der Waals surface area contributed by atoms with Gasteiger partial charge in [0.25, 0.3) is 5.91 Å². The van der Waals surface area contributed by atoms with E-state index in [1.807, 2.05) is 5.43 Å². The number of pyridine rings is 1. The van der Waals surface area contributed by atoms with E-state index in [4.69, 9.17) is 5.84 Å². The number of aryl methyl sites for hydroxylation is 1. The summed E-state index contributed by atoms with van der Waals surface area (Å²) in [5.41, 5.74) is 1.32. The third-order valence-electron chi connectivity index (χ3n) is 2.74. The molecule has 20 heavy (non-hydrogen) atoms. The molecule has 2 heterocycles.